The van der Waals surface area contributed by atoms with Gasteiger partial charge in [0.2, 0.25) is 0 Å². The largest absolute Gasteiger partial charge is 0.495 e. The summed E-state index contributed by atoms with van der Waals surface area (Å²) in [4.78, 5) is 0. The molecule has 0 unspecified atom stereocenters. The van der Waals surface area contributed by atoms with Gasteiger partial charge in [-0.25, -0.2) is 0 Å². The minimum Gasteiger partial charge on any atom is -0.495 e. The first-order chi connectivity index (χ1) is 2.77. The molecule has 0 atom stereocenters. The standard InChI is InChI=1S/C4H9NO/c1-2-3-4(5)6/h3,6H,2,5H2,1H3. The van der Waals surface area contributed by atoms with E-state index in [1.807, 2.05) is 6.92 Å². The van der Waals surface area contributed by atoms with Gasteiger partial charge in [0.15, 0.2) is 5.88 Å². The molecule has 0 saturated heterocycles. The number of hydrogen-bond acceptors (Lipinski definition) is 2. The Morgan fingerprint density at radius 1 is 2.00 bits per heavy atom. The van der Waals surface area contributed by atoms with Crippen LogP contribution in [0.3, 0.4) is 0 Å². The minimum atomic E-state index is -0.0856. The summed E-state index contributed by atoms with van der Waals surface area (Å²) < 4.78 is 0. The molecule has 0 saturated carbocycles. The molecule has 3 N–H and O–H groups in total. The van der Waals surface area contributed by atoms with Crippen LogP contribution in [0.15, 0.2) is 12.0 Å². The number of allylic oxidation sites excluding steroid dienone is 1. The van der Waals surface area contributed by atoms with E-state index in [1.54, 1.807) is 6.08 Å². The second-order valence-electron chi connectivity index (χ2n) is 1.04. The van der Waals surface area contributed by atoms with Gasteiger partial charge in [-0.3, -0.25) is 0 Å². The minimum absolute atomic E-state index is 0.0856. The van der Waals surface area contributed by atoms with Gasteiger partial charge in [0.25, 0.3) is 0 Å². The Morgan fingerprint density at radius 2 is 2.50 bits per heavy atom. The first-order valence-electron chi connectivity index (χ1n) is 1.92. The molecule has 0 radical (unpaired) electrons. The van der Waals surface area contributed by atoms with Crippen LogP contribution < -0.4 is 5.73 Å². The van der Waals surface area contributed by atoms with E-state index in [2.05, 4.69) is 0 Å². The monoisotopic (exact) mass is 87.1 g/mol. The van der Waals surface area contributed by atoms with Gasteiger partial charge in [0.05, 0.1) is 0 Å². The highest BCUT2D eigenvalue weighted by Gasteiger charge is 1.70. The zero-order chi connectivity index (χ0) is 4.99. The van der Waals surface area contributed by atoms with Gasteiger partial charge in [-0.05, 0) is 12.5 Å². The van der Waals surface area contributed by atoms with Crippen LogP contribution in [0.2, 0.25) is 0 Å². The lowest BCUT2D eigenvalue weighted by atomic mass is 10.5. The number of hydrogen-bond donors (Lipinski definition) is 2. The van der Waals surface area contributed by atoms with E-state index in [-0.39, 0.29) is 5.88 Å². The molecule has 0 spiro atoms. The first-order valence-corrected chi connectivity index (χ1v) is 1.92. The maximum atomic E-state index is 8.19. The lowest BCUT2D eigenvalue weighted by Crippen LogP contribution is -1.92. The molecule has 0 aliphatic rings. The maximum absolute atomic E-state index is 8.19. The third-order valence-corrected chi connectivity index (χ3v) is 0.413. The van der Waals surface area contributed by atoms with Gasteiger partial charge in [-0.2, -0.15) is 0 Å². The van der Waals surface area contributed by atoms with Crippen LogP contribution in [0.1, 0.15) is 13.3 Å². The van der Waals surface area contributed by atoms with Gasteiger partial charge >= 0.3 is 0 Å². The third-order valence-electron chi connectivity index (χ3n) is 0.413. The molecule has 0 rings (SSSR count). The molecule has 0 aliphatic carbocycles. The van der Waals surface area contributed by atoms with E-state index >= 15 is 0 Å². The molecule has 2 heteroatoms. The van der Waals surface area contributed by atoms with Crippen LogP contribution in [0.5, 0.6) is 0 Å². The van der Waals surface area contributed by atoms with E-state index in [0.29, 0.717) is 0 Å². The predicted molar refractivity (Wildman–Crippen MR) is 25.2 cm³/mol. The molecule has 0 bridgehead atoms. The van der Waals surface area contributed by atoms with E-state index in [1.165, 1.54) is 0 Å². The Labute approximate surface area is 37.3 Å². The molecular weight excluding hydrogens is 78.0 g/mol. The van der Waals surface area contributed by atoms with Crippen molar-refractivity contribution in [3.8, 4) is 0 Å². The van der Waals surface area contributed by atoms with E-state index in [9.17, 15) is 0 Å². The van der Waals surface area contributed by atoms with Crippen molar-refractivity contribution in [3.05, 3.63) is 12.0 Å². The molecular formula is C4H9NO. The average Bonchev–Trinajstić information content (AvgIpc) is 1.35. The molecule has 0 aromatic rings. The van der Waals surface area contributed by atoms with Crippen LogP contribution in [0.4, 0.5) is 0 Å². The van der Waals surface area contributed by atoms with Crippen LogP contribution in [0, 0.1) is 0 Å². The van der Waals surface area contributed by atoms with Crippen molar-refractivity contribution in [1.82, 2.24) is 0 Å². The van der Waals surface area contributed by atoms with Crippen molar-refractivity contribution in [2.24, 2.45) is 5.73 Å². The lowest BCUT2D eigenvalue weighted by Gasteiger charge is -1.81. The van der Waals surface area contributed by atoms with Gasteiger partial charge in [0, 0.05) is 0 Å². The normalized spacial score (nSPS) is 11.8. The Morgan fingerprint density at radius 3 is 2.50 bits per heavy atom. The summed E-state index contributed by atoms with van der Waals surface area (Å²) in [6.45, 7) is 1.91. The van der Waals surface area contributed by atoms with Gasteiger partial charge in [-0.15, -0.1) is 0 Å². The first kappa shape index (κ1) is 5.34. The molecule has 0 heterocycles. The van der Waals surface area contributed by atoms with Crippen LogP contribution in [0.25, 0.3) is 0 Å². The number of nitrogens with two attached hydrogens (primary N) is 1. The highest BCUT2D eigenvalue weighted by Crippen LogP contribution is 1.78. The number of aliphatic hydroxyl groups is 1. The Balaban J connectivity index is 3.14. The van der Waals surface area contributed by atoms with E-state index in [4.69, 9.17) is 10.8 Å². The van der Waals surface area contributed by atoms with Crippen molar-refractivity contribution in [2.45, 2.75) is 13.3 Å². The lowest BCUT2D eigenvalue weighted by molar-refractivity contribution is 0.403. The smallest absolute Gasteiger partial charge is 0.177 e. The van der Waals surface area contributed by atoms with Gasteiger partial charge in [0.1, 0.15) is 0 Å². The molecule has 0 fully saturated rings. The summed E-state index contributed by atoms with van der Waals surface area (Å²) in [5.41, 5.74) is 4.82. The summed E-state index contributed by atoms with van der Waals surface area (Å²) in [7, 11) is 0. The van der Waals surface area contributed by atoms with Crippen molar-refractivity contribution >= 4 is 0 Å². The zero-order valence-corrected chi connectivity index (χ0v) is 3.81. The van der Waals surface area contributed by atoms with Crippen LogP contribution in [-0.4, -0.2) is 5.11 Å². The van der Waals surface area contributed by atoms with Crippen molar-refractivity contribution < 1.29 is 5.11 Å². The van der Waals surface area contributed by atoms with Crippen LogP contribution in [-0.2, 0) is 0 Å². The zero-order valence-electron chi connectivity index (χ0n) is 3.81. The van der Waals surface area contributed by atoms with Crippen molar-refractivity contribution in [3.63, 3.8) is 0 Å². The summed E-state index contributed by atoms with van der Waals surface area (Å²) in [5, 5.41) is 8.19. The molecule has 36 valence electrons. The van der Waals surface area contributed by atoms with Crippen molar-refractivity contribution in [1.29, 1.82) is 0 Å². The van der Waals surface area contributed by atoms with Crippen LogP contribution >= 0.6 is 0 Å². The summed E-state index contributed by atoms with van der Waals surface area (Å²) in [6, 6.07) is 0. The maximum Gasteiger partial charge on any atom is 0.177 e. The highest BCUT2D eigenvalue weighted by atomic mass is 16.3. The number of rotatable bonds is 1. The second kappa shape index (κ2) is 2.57. The summed E-state index contributed by atoms with van der Waals surface area (Å²) in [6.07, 6.45) is 2.34. The Hall–Kier alpha value is -0.660. The highest BCUT2D eigenvalue weighted by molar-refractivity contribution is 4.81. The molecule has 0 aliphatic heterocycles. The molecule has 0 amide bonds. The van der Waals surface area contributed by atoms with Gasteiger partial charge < -0.3 is 10.8 Å². The van der Waals surface area contributed by atoms with E-state index < -0.39 is 0 Å². The Kier molecular flexibility index (Phi) is 2.29. The predicted octanol–water partition coefficient (Wildman–Crippen LogP) is 0.755. The number of aliphatic hydroxyl groups excluding tert-OH is 1. The summed E-state index contributed by atoms with van der Waals surface area (Å²) >= 11 is 0. The molecule has 0 aromatic heterocycles. The molecule has 6 heavy (non-hydrogen) atoms. The quantitative estimate of drug-likeness (QED) is 0.464. The summed E-state index contributed by atoms with van der Waals surface area (Å²) in [5.74, 6) is -0.0856. The third kappa shape index (κ3) is 3.34. The SMILES string of the molecule is CCC=C(N)O. The molecule has 0 aromatic carbocycles. The van der Waals surface area contributed by atoms with Gasteiger partial charge in [-0.1, -0.05) is 6.92 Å². The second-order valence-corrected chi connectivity index (χ2v) is 1.04. The topological polar surface area (TPSA) is 46.2 Å². The molecule has 2 nitrogen and oxygen atoms in total. The fourth-order valence-corrected chi connectivity index (χ4v) is 0.209. The van der Waals surface area contributed by atoms with Crippen molar-refractivity contribution in [2.75, 3.05) is 0 Å². The fraction of sp³-hybridized carbons (Fsp3) is 0.500. The Bertz CT molecular complexity index is 54.6. The fourth-order valence-electron chi connectivity index (χ4n) is 0.209. The van der Waals surface area contributed by atoms with E-state index in [0.717, 1.165) is 6.42 Å². The average molecular weight is 87.1 g/mol.